The van der Waals surface area contributed by atoms with Gasteiger partial charge >= 0.3 is 5.91 Å². The number of hydrogen-bond donors (Lipinski definition) is 1. The van der Waals surface area contributed by atoms with E-state index >= 15 is 0 Å². The van der Waals surface area contributed by atoms with Crippen LogP contribution in [0, 0.1) is 0 Å². The van der Waals surface area contributed by atoms with Gasteiger partial charge in [0.1, 0.15) is 18.1 Å². The molecular formula is C33H25ClN2O6S. The fourth-order valence-corrected chi connectivity index (χ4v) is 6.09. The minimum Gasteiger partial charge on any atom is -0.507 e. The van der Waals surface area contributed by atoms with E-state index in [0.29, 0.717) is 50.7 Å². The Morgan fingerprint density at radius 3 is 2.42 bits per heavy atom. The Labute approximate surface area is 256 Å². The monoisotopic (exact) mass is 612 g/mol. The van der Waals surface area contributed by atoms with Crippen LogP contribution >= 0.6 is 22.9 Å². The fraction of sp³-hybridized carbons (Fsp3) is 0.121. The molecule has 1 saturated heterocycles. The van der Waals surface area contributed by atoms with Crippen molar-refractivity contribution in [2.75, 3.05) is 19.1 Å². The van der Waals surface area contributed by atoms with E-state index in [2.05, 4.69) is 4.98 Å². The zero-order valence-electron chi connectivity index (χ0n) is 23.1. The maximum atomic E-state index is 13.7. The fourth-order valence-electron chi connectivity index (χ4n) is 4.94. The summed E-state index contributed by atoms with van der Waals surface area (Å²) in [7, 11) is 3.08. The molecule has 0 spiro atoms. The third kappa shape index (κ3) is 5.40. The van der Waals surface area contributed by atoms with Crippen LogP contribution in [0.15, 0.2) is 96.6 Å². The van der Waals surface area contributed by atoms with E-state index in [1.807, 2.05) is 36.4 Å². The lowest BCUT2D eigenvalue weighted by Gasteiger charge is -2.24. The Kier molecular flexibility index (Phi) is 7.75. The third-order valence-corrected chi connectivity index (χ3v) is 8.36. The first kappa shape index (κ1) is 28.3. The molecule has 0 bridgehead atoms. The first-order valence-corrected chi connectivity index (χ1v) is 14.4. The average molecular weight is 613 g/mol. The van der Waals surface area contributed by atoms with Gasteiger partial charge in [-0.2, -0.15) is 0 Å². The topological polar surface area (TPSA) is 98.2 Å². The van der Waals surface area contributed by atoms with Crippen LogP contribution in [0.4, 0.5) is 5.13 Å². The van der Waals surface area contributed by atoms with Gasteiger partial charge in [0.2, 0.25) is 0 Å². The van der Waals surface area contributed by atoms with Crippen molar-refractivity contribution in [2.45, 2.75) is 12.6 Å². The number of benzene rings is 4. The van der Waals surface area contributed by atoms with E-state index in [1.165, 1.54) is 23.3 Å². The quantitative estimate of drug-likeness (QED) is 0.113. The number of ketones is 1. The van der Waals surface area contributed by atoms with Gasteiger partial charge in [-0.15, -0.1) is 0 Å². The van der Waals surface area contributed by atoms with Crippen LogP contribution in [0.25, 0.3) is 16.0 Å². The van der Waals surface area contributed by atoms with Crippen LogP contribution in [0.1, 0.15) is 22.7 Å². The average Bonchev–Trinajstić information content (AvgIpc) is 3.57. The van der Waals surface area contributed by atoms with Gasteiger partial charge in [0.05, 0.1) is 36.1 Å². The number of ether oxygens (including phenoxy) is 3. The summed E-state index contributed by atoms with van der Waals surface area (Å²) in [6, 6.07) is 25.6. The molecule has 1 fully saturated rings. The minimum absolute atomic E-state index is 0.0795. The predicted molar refractivity (Wildman–Crippen MR) is 166 cm³/mol. The Bertz CT molecular complexity index is 1870. The van der Waals surface area contributed by atoms with E-state index < -0.39 is 17.7 Å². The number of methoxy groups -OCH3 is 2. The van der Waals surface area contributed by atoms with Crippen molar-refractivity contribution in [3.05, 3.63) is 118 Å². The number of rotatable bonds is 8. The number of aliphatic hydroxyl groups excluding tert-OH is 1. The normalized spacial score (nSPS) is 16.1. The number of carbonyl (C=O) groups excluding carboxylic acids is 2. The number of anilines is 1. The second-order valence-electron chi connectivity index (χ2n) is 9.69. The summed E-state index contributed by atoms with van der Waals surface area (Å²) in [6.45, 7) is 0.320. The van der Waals surface area contributed by atoms with E-state index in [9.17, 15) is 14.7 Å². The third-order valence-electron chi connectivity index (χ3n) is 7.09. The van der Waals surface area contributed by atoms with E-state index in [0.717, 1.165) is 10.3 Å². The van der Waals surface area contributed by atoms with Gasteiger partial charge in [0.25, 0.3) is 5.78 Å². The van der Waals surface area contributed by atoms with Gasteiger partial charge in [0, 0.05) is 10.6 Å². The van der Waals surface area contributed by atoms with Gasteiger partial charge in [-0.05, 0) is 65.7 Å². The molecule has 1 aliphatic rings. The summed E-state index contributed by atoms with van der Waals surface area (Å²) >= 11 is 7.30. The summed E-state index contributed by atoms with van der Waals surface area (Å²) in [6.07, 6.45) is 0. The van der Waals surface area contributed by atoms with E-state index in [1.54, 1.807) is 61.7 Å². The van der Waals surface area contributed by atoms with Crippen molar-refractivity contribution in [1.82, 2.24) is 4.98 Å². The molecule has 8 nitrogen and oxygen atoms in total. The molecule has 0 radical (unpaired) electrons. The molecule has 2 heterocycles. The Hall–Kier alpha value is -4.86. The molecule has 4 aromatic carbocycles. The number of amides is 1. The Morgan fingerprint density at radius 2 is 1.70 bits per heavy atom. The van der Waals surface area contributed by atoms with Gasteiger partial charge < -0.3 is 19.3 Å². The molecule has 1 unspecified atom stereocenters. The summed E-state index contributed by atoms with van der Waals surface area (Å²) in [5.74, 6) is -0.447. The number of halogens is 1. The van der Waals surface area contributed by atoms with E-state index in [-0.39, 0.29) is 11.3 Å². The molecule has 10 heteroatoms. The molecule has 1 atom stereocenters. The predicted octanol–water partition coefficient (Wildman–Crippen LogP) is 7.17. The number of hydrogen-bond acceptors (Lipinski definition) is 8. The lowest BCUT2D eigenvalue weighted by Crippen LogP contribution is -2.29. The summed E-state index contributed by atoms with van der Waals surface area (Å²) in [4.78, 5) is 33.3. The zero-order chi connectivity index (χ0) is 30.1. The molecule has 0 saturated carbocycles. The highest BCUT2D eigenvalue weighted by Gasteiger charge is 2.48. The maximum Gasteiger partial charge on any atom is 0.301 e. The molecule has 1 aromatic heterocycles. The Morgan fingerprint density at radius 1 is 0.930 bits per heavy atom. The molecule has 1 N–H and O–H groups in total. The van der Waals surface area contributed by atoms with Gasteiger partial charge in [0.15, 0.2) is 16.6 Å². The maximum absolute atomic E-state index is 13.7. The van der Waals surface area contributed by atoms with Crippen LogP contribution in [-0.2, 0) is 16.2 Å². The largest absolute Gasteiger partial charge is 0.507 e. The molecule has 5 aromatic rings. The van der Waals surface area contributed by atoms with Crippen molar-refractivity contribution in [3.63, 3.8) is 0 Å². The van der Waals surface area contributed by atoms with Crippen molar-refractivity contribution in [2.24, 2.45) is 0 Å². The zero-order valence-corrected chi connectivity index (χ0v) is 24.7. The first-order valence-electron chi connectivity index (χ1n) is 13.2. The lowest BCUT2D eigenvalue weighted by atomic mass is 9.95. The van der Waals surface area contributed by atoms with Crippen LogP contribution in [0.2, 0.25) is 5.02 Å². The van der Waals surface area contributed by atoms with Crippen LogP contribution in [-0.4, -0.2) is 36.0 Å². The number of carbonyl (C=O) groups is 2. The van der Waals surface area contributed by atoms with Crippen molar-refractivity contribution in [3.8, 4) is 17.2 Å². The molecular weight excluding hydrogens is 588 g/mol. The molecule has 216 valence electrons. The number of thiazole rings is 1. The molecule has 43 heavy (non-hydrogen) atoms. The first-order chi connectivity index (χ1) is 20.9. The number of nitrogens with zero attached hydrogens (tertiary/aromatic N) is 2. The molecule has 1 amide bonds. The lowest BCUT2D eigenvalue weighted by molar-refractivity contribution is -0.132. The number of Topliss-reactive ketones (excluding diaryl/α,β-unsaturated/α-hetero) is 1. The second-order valence-corrected chi connectivity index (χ2v) is 11.1. The van der Waals surface area contributed by atoms with E-state index in [4.69, 9.17) is 25.8 Å². The van der Waals surface area contributed by atoms with Crippen LogP contribution in [0.3, 0.4) is 0 Å². The van der Waals surface area contributed by atoms with Gasteiger partial charge in [-0.3, -0.25) is 14.5 Å². The van der Waals surface area contributed by atoms with Crippen LogP contribution in [0.5, 0.6) is 17.2 Å². The summed E-state index contributed by atoms with van der Waals surface area (Å²) in [5, 5.41) is 12.2. The number of fused-ring (bicyclic) bond motifs is 1. The van der Waals surface area contributed by atoms with Gasteiger partial charge in [-0.25, -0.2) is 4.98 Å². The molecule has 1 aliphatic heterocycles. The highest BCUT2D eigenvalue weighted by molar-refractivity contribution is 7.22. The molecule has 6 rings (SSSR count). The van der Waals surface area contributed by atoms with Crippen LogP contribution < -0.4 is 19.1 Å². The molecule has 0 aliphatic carbocycles. The SMILES string of the molecule is COc1ccc2nc(N3C(=O)C(=O)/C(=C(/O)c4ccc(Cl)cc4)C3c3ccc(OCc4ccccc4)c(OC)c3)sc2c1. The minimum atomic E-state index is -1.00. The Balaban J connectivity index is 1.47. The van der Waals surface area contributed by atoms with Crippen molar-refractivity contribution < 1.29 is 28.9 Å². The number of aliphatic hydroxyl groups is 1. The highest BCUT2D eigenvalue weighted by Crippen LogP contribution is 2.46. The summed E-state index contributed by atoms with van der Waals surface area (Å²) < 4.78 is 17.8. The smallest absolute Gasteiger partial charge is 0.301 e. The second kappa shape index (κ2) is 11.8. The van der Waals surface area contributed by atoms with Crippen molar-refractivity contribution in [1.29, 1.82) is 0 Å². The standard InChI is InChI=1S/C33H25ClN2O6S/c1-40-23-13-14-24-27(17-23)43-33(35-24)36-29(28(31(38)32(36)39)30(37)20-8-11-22(34)12-9-20)21-10-15-25(26(16-21)41-2)42-18-19-6-4-3-5-7-19/h3-17,29,37H,18H2,1-2H3/b30-28+. The highest BCUT2D eigenvalue weighted by atomic mass is 35.5. The van der Waals surface area contributed by atoms with Crippen molar-refractivity contribution >= 4 is 55.7 Å². The van der Waals surface area contributed by atoms with Gasteiger partial charge in [-0.1, -0.05) is 59.3 Å². The summed E-state index contributed by atoms with van der Waals surface area (Å²) in [5.41, 5.74) is 2.41. The number of aromatic nitrogens is 1.